The summed E-state index contributed by atoms with van der Waals surface area (Å²) in [6, 6.07) is 7.38. The molecule has 1 fully saturated rings. The number of alkyl halides is 1. The molecule has 4 nitrogen and oxygen atoms in total. The van der Waals surface area contributed by atoms with Crippen molar-refractivity contribution in [2.75, 3.05) is 32.1 Å². The number of piperazine rings is 1. The fraction of sp³-hybridized carbons (Fsp3) is 0.429. The minimum atomic E-state index is 0.00178. The highest BCUT2D eigenvalue weighted by atomic mass is 79.9. The molecule has 0 spiro atoms. The largest absolute Gasteiger partial charge is 0.339 e. The van der Waals surface area contributed by atoms with Crippen LogP contribution in [0.4, 0.5) is 0 Å². The van der Waals surface area contributed by atoms with E-state index in [-0.39, 0.29) is 11.8 Å². The minimum Gasteiger partial charge on any atom is -0.339 e. The zero-order chi connectivity index (χ0) is 14.5. The number of nitrogens with zero attached hydrogens (tertiary/aromatic N) is 2. The van der Waals surface area contributed by atoms with Crippen molar-refractivity contribution in [2.24, 2.45) is 0 Å². The van der Waals surface area contributed by atoms with Crippen molar-refractivity contribution in [3.8, 4) is 0 Å². The zero-order valence-electron chi connectivity index (χ0n) is 11.0. The van der Waals surface area contributed by atoms with Crippen LogP contribution in [0.15, 0.2) is 28.7 Å². The summed E-state index contributed by atoms with van der Waals surface area (Å²) in [5.74, 6) is 0.407. The quantitative estimate of drug-likeness (QED) is 0.777. The predicted molar refractivity (Wildman–Crippen MR) is 82.0 cm³/mol. The van der Waals surface area contributed by atoms with Gasteiger partial charge in [0.1, 0.15) is 0 Å². The van der Waals surface area contributed by atoms with E-state index < -0.39 is 0 Å². The second kappa shape index (κ2) is 7.09. The highest BCUT2D eigenvalue weighted by Crippen LogP contribution is 2.18. The SMILES string of the molecule is O=C(CCCl)N1CCN(C(=O)c2ccccc2Br)CC1. The standard InChI is InChI=1S/C14H16BrClN2O2/c15-12-4-2-1-3-11(12)14(20)18-9-7-17(8-10-18)13(19)5-6-16/h1-4H,5-10H2. The van der Waals surface area contributed by atoms with Crippen LogP contribution in [-0.2, 0) is 4.79 Å². The van der Waals surface area contributed by atoms with E-state index in [2.05, 4.69) is 15.9 Å². The van der Waals surface area contributed by atoms with E-state index in [4.69, 9.17) is 11.6 Å². The summed E-state index contributed by atoms with van der Waals surface area (Å²) in [6.45, 7) is 2.28. The molecule has 0 aromatic heterocycles. The molecule has 1 aliphatic heterocycles. The van der Waals surface area contributed by atoms with Gasteiger partial charge in [-0.05, 0) is 28.1 Å². The molecule has 1 aromatic carbocycles. The molecule has 2 amide bonds. The fourth-order valence-corrected chi connectivity index (χ4v) is 2.82. The maximum absolute atomic E-state index is 12.4. The van der Waals surface area contributed by atoms with E-state index in [0.717, 1.165) is 4.47 Å². The Bertz CT molecular complexity index is 502. The summed E-state index contributed by atoms with van der Waals surface area (Å²) in [5, 5.41) is 0. The number of halogens is 2. The van der Waals surface area contributed by atoms with Crippen LogP contribution in [0.5, 0.6) is 0 Å². The van der Waals surface area contributed by atoms with Gasteiger partial charge < -0.3 is 9.80 Å². The first-order chi connectivity index (χ1) is 9.63. The highest BCUT2D eigenvalue weighted by molar-refractivity contribution is 9.10. The summed E-state index contributed by atoms with van der Waals surface area (Å²) < 4.78 is 0.797. The van der Waals surface area contributed by atoms with Crippen LogP contribution < -0.4 is 0 Å². The monoisotopic (exact) mass is 358 g/mol. The average Bonchev–Trinajstić information content (AvgIpc) is 2.47. The molecule has 108 valence electrons. The van der Waals surface area contributed by atoms with E-state index in [1.807, 2.05) is 18.2 Å². The van der Waals surface area contributed by atoms with Gasteiger partial charge in [0.15, 0.2) is 0 Å². The number of carbonyl (C=O) groups is 2. The molecule has 2 rings (SSSR count). The predicted octanol–water partition coefficient (Wildman–Crippen LogP) is 2.36. The number of rotatable bonds is 3. The minimum absolute atomic E-state index is 0.00178. The van der Waals surface area contributed by atoms with E-state index >= 15 is 0 Å². The van der Waals surface area contributed by atoms with Crippen LogP contribution in [0.1, 0.15) is 16.8 Å². The molecule has 0 saturated carbocycles. The first kappa shape index (κ1) is 15.3. The summed E-state index contributed by atoms with van der Waals surface area (Å²) in [6.07, 6.45) is 0.361. The van der Waals surface area contributed by atoms with Gasteiger partial charge in [-0.2, -0.15) is 0 Å². The number of benzene rings is 1. The van der Waals surface area contributed by atoms with Gasteiger partial charge in [-0.1, -0.05) is 12.1 Å². The van der Waals surface area contributed by atoms with E-state index in [9.17, 15) is 9.59 Å². The Hall–Kier alpha value is -1.07. The molecule has 1 saturated heterocycles. The normalized spacial score (nSPS) is 15.3. The third-order valence-electron chi connectivity index (χ3n) is 3.33. The van der Waals surface area contributed by atoms with Gasteiger partial charge in [-0.25, -0.2) is 0 Å². The first-order valence-corrected chi connectivity index (χ1v) is 7.84. The third kappa shape index (κ3) is 3.52. The van der Waals surface area contributed by atoms with Crippen LogP contribution >= 0.6 is 27.5 Å². The van der Waals surface area contributed by atoms with Crippen molar-refractivity contribution in [1.82, 2.24) is 9.80 Å². The van der Waals surface area contributed by atoms with Crippen LogP contribution in [-0.4, -0.2) is 53.7 Å². The zero-order valence-corrected chi connectivity index (χ0v) is 13.4. The van der Waals surface area contributed by atoms with Crippen LogP contribution in [0, 0.1) is 0 Å². The summed E-state index contributed by atoms with van der Waals surface area (Å²) >= 11 is 8.97. The summed E-state index contributed by atoms with van der Waals surface area (Å²) in [7, 11) is 0. The molecular weight excluding hydrogens is 344 g/mol. The third-order valence-corrected chi connectivity index (χ3v) is 4.21. The van der Waals surface area contributed by atoms with Gasteiger partial charge in [0.05, 0.1) is 5.56 Å². The molecule has 0 radical (unpaired) electrons. The van der Waals surface area contributed by atoms with Crippen molar-refractivity contribution < 1.29 is 9.59 Å². The van der Waals surface area contributed by atoms with Gasteiger partial charge in [0.2, 0.25) is 5.91 Å². The smallest absolute Gasteiger partial charge is 0.255 e. The van der Waals surface area contributed by atoms with Crippen molar-refractivity contribution in [3.05, 3.63) is 34.3 Å². The summed E-state index contributed by atoms with van der Waals surface area (Å²) in [5.41, 5.74) is 0.660. The molecule has 20 heavy (non-hydrogen) atoms. The van der Waals surface area contributed by atoms with Crippen LogP contribution in [0.25, 0.3) is 0 Å². The Morgan fingerprint density at radius 3 is 2.30 bits per heavy atom. The Labute approximate surface area is 131 Å². The average molecular weight is 360 g/mol. The van der Waals surface area contributed by atoms with Gasteiger partial charge >= 0.3 is 0 Å². The first-order valence-electron chi connectivity index (χ1n) is 6.51. The van der Waals surface area contributed by atoms with E-state index in [0.29, 0.717) is 44.0 Å². The lowest BCUT2D eigenvalue weighted by Gasteiger charge is -2.35. The maximum Gasteiger partial charge on any atom is 0.255 e. The van der Waals surface area contributed by atoms with Crippen molar-refractivity contribution in [2.45, 2.75) is 6.42 Å². The van der Waals surface area contributed by atoms with Crippen molar-refractivity contribution in [3.63, 3.8) is 0 Å². The van der Waals surface area contributed by atoms with Crippen LogP contribution in [0.2, 0.25) is 0 Å². The molecule has 0 aliphatic carbocycles. The molecular formula is C14H16BrClN2O2. The van der Waals surface area contributed by atoms with Crippen molar-refractivity contribution in [1.29, 1.82) is 0 Å². The highest BCUT2D eigenvalue weighted by Gasteiger charge is 2.25. The molecule has 1 heterocycles. The Morgan fingerprint density at radius 2 is 1.70 bits per heavy atom. The van der Waals surface area contributed by atoms with Crippen LogP contribution in [0.3, 0.4) is 0 Å². The maximum atomic E-state index is 12.4. The lowest BCUT2D eigenvalue weighted by atomic mass is 10.2. The molecule has 0 N–H and O–H groups in total. The van der Waals surface area contributed by atoms with Gasteiger partial charge in [0, 0.05) is 43.0 Å². The number of amides is 2. The lowest BCUT2D eigenvalue weighted by Crippen LogP contribution is -2.50. The second-order valence-electron chi connectivity index (χ2n) is 4.59. The fourth-order valence-electron chi connectivity index (χ4n) is 2.20. The van der Waals surface area contributed by atoms with Gasteiger partial charge in [-0.3, -0.25) is 9.59 Å². The lowest BCUT2D eigenvalue weighted by molar-refractivity contribution is -0.132. The molecule has 0 unspecified atom stereocenters. The molecule has 1 aromatic rings. The summed E-state index contributed by atoms with van der Waals surface area (Å²) in [4.78, 5) is 27.7. The molecule has 1 aliphatic rings. The second-order valence-corrected chi connectivity index (χ2v) is 5.82. The van der Waals surface area contributed by atoms with Gasteiger partial charge in [0.25, 0.3) is 5.91 Å². The molecule has 0 atom stereocenters. The Balaban J connectivity index is 1.96. The topological polar surface area (TPSA) is 40.6 Å². The molecule has 0 bridgehead atoms. The van der Waals surface area contributed by atoms with Crippen molar-refractivity contribution >= 4 is 39.3 Å². The number of hydrogen-bond donors (Lipinski definition) is 0. The number of carbonyl (C=O) groups excluding carboxylic acids is 2. The van der Waals surface area contributed by atoms with E-state index in [1.54, 1.807) is 15.9 Å². The Kier molecular flexibility index (Phi) is 5.43. The van der Waals surface area contributed by atoms with E-state index in [1.165, 1.54) is 0 Å². The van der Waals surface area contributed by atoms with Gasteiger partial charge in [-0.15, -0.1) is 11.6 Å². The Morgan fingerprint density at radius 1 is 1.10 bits per heavy atom. The number of hydrogen-bond acceptors (Lipinski definition) is 2. The molecule has 6 heteroatoms.